The topological polar surface area (TPSA) is 54.5 Å². The number of amides is 1. The standard InChI is InChI=1S/C12H13NO3S/c1-3-6-12(14)13-9(2)10-7-4-5-8-11(10)17(13,15)16/h3-9H,1-2H3/b6-3-/t9-/m1/s1. The van der Waals surface area contributed by atoms with Crippen molar-refractivity contribution in [2.24, 2.45) is 0 Å². The molecule has 1 aliphatic rings. The van der Waals surface area contributed by atoms with Crippen LogP contribution in [0.25, 0.3) is 0 Å². The highest BCUT2D eigenvalue weighted by molar-refractivity contribution is 7.90. The van der Waals surface area contributed by atoms with Gasteiger partial charge in [-0.3, -0.25) is 4.79 Å². The van der Waals surface area contributed by atoms with E-state index in [1.54, 1.807) is 32.0 Å². The van der Waals surface area contributed by atoms with E-state index in [1.165, 1.54) is 18.2 Å². The predicted octanol–water partition coefficient (Wildman–Crippen LogP) is 1.85. The molecule has 0 fully saturated rings. The Bertz CT molecular complexity index is 590. The van der Waals surface area contributed by atoms with E-state index in [0.29, 0.717) is 5.56 Å². The summed E-state index contributed by atoms with van der Waals surface area (Å²) in [7, 11) is -3.68. The normalized spacial score (nSPS) is 21.8. The Morgan fingerprint density at radius 3 is 2.59 bits per heavy atom. The summed E-state index contributed by atoms with van der Waals surface area (Å²) in [5, 5.41) is 0. The second kappa shape index (κ2) is 4.00. The molecule has 1 aromatic rings. The zero-order valence-electron chi connectivity index (χ0n) is 9.62. The molecule has 0 aliphatic carbocycles. The first kappa shape index (κ1) is 11.9. The van der Waals surface area contributed by atoms with Gasteiger partial charge in [-0.2, -0.15) is 0 Å². The number of allylic oxidation sites excluding steroid dienone is 1. The Morgan fingerprint density at radius 1 is 1.35 bits per heavy atom. The van der Waals surface area contributed by atoms with E-state index in [1.807, 2.05) is 0 Å². The Hall–Kier alpha value is -1.62. The lowest BCUT2D eigenvalue weighted by molar-refractivity contribution is -0.122. The number of fused-ring (bicyclic) bond motifs is 1. The summed E-state index contributed by atoms with van der Waals surface area (Å²) in [5.41, 5.74) is 0.672. The molecule has 0 saturated carbocycles. The Balaban J connectivity index is 2.59. The third kappa shape index (κ3) is 1.67. The molecule has 4 nitrogen and oxygen atoms in total. The zero-order chi connectivity index (χ0) is 12.6. The van der Waals surface area contributed by atoms with Crippen LogP contribution in [0.15, 0.2) is 41.3 Å². The van der Waals surface area contributed by atoms with Crippen LogP contribution in [0.1, 0.15) is 25.5 Å². The van der Waals surface area contributed by atoms with Crippen LogP contribution in [0.3, 0.4) is 0 Å². The van der Waals surface area contributed by atoms with Crippen molar-refractivity contribution in [1.82, 2.24) is 4.31 Å². The Kier molecular flexibility index (Phi) is 2.79. The van der Waals surface area contributed by atoms with Gasteiger partial charge in [0, 0.05) is 0 Å². The van der Waals surface area contributed by atoms with Crippen molar-refractivity contribution < 1.29 is 13.2 Å². The molecule has 1 atom stereocenters. The minimum atomic E-state index is -3.68. The van der Waals surface area contributed by atoms with E-state index in [-0.39, 0.29) is 4.90 Å². The molecule has 1 amide bonds. The molecule has 17 heavy (non-hydrogen) atoms. The van der Waals surface area contributed by atoms with Crippen molar-refractivity contribution in [2.45, 2.75) is 24.8 Å². The lowest BCUT2D eigenvalue weighted by Gasteiger charge is -2.18. The Labute approximate surface area is 101 Å². The highest BCUT2D eigenvalue weighted by Gasteiger charge is 2.42. The van der Waals surface area contributed by atoms with Crippen LogP contribution in [0.4, 0.5) is 0 Å². The zero-order valence-corrected chi connectivity index (χ0v) is 10.4. The van der Waals surface area contributed by atoms with E-state index in [4.69, 9.17) is 0 Å². The molecule has 2 rings (SSSR count). The van der Waals surface area contributed by atoms with Gasteiger partial charge in [-0.05, 0) is 31.6 Å². The third-order valence-corrected chi connectivity index (χ3v) is 4.73. The van der Waals surface area contributed by atoms with E-state index < -0.39 is 22.0 Å². The van der Waals surface area contributed by atoms with E-state index in [0.717, 1.165) is 4.31 Å². The monoisotopic (exact) mass is 251 g/mol. The van der Waals surface area contributed by atoms with E-state index in [2.05, 4.69) is 0 Å². The molecule has 90 valence electrons. The second-order valence-corrected chi connectivity index (χ2v) is 5.64. The molecule has 0 unspecified atom stereocenters. The lowest BCUT2D eigenvalue weighted by atomic mass is 10.1. The van der Waals surface area contributed by atoms with Gasteiger partial charge in [0.2, 0.25) is 0 Å². The van der Waals surface area contributed by atoms with E-state index >= 15 is 0 Å². The van der Waals surface area contributed by atoms with Gasteiger partial charge in [-0.25, -0.2) is 12.7 Å². The van der Waals surface area contributed by atoms with Crippen molar-refractivity contribution in [3.8, 4) is 0 Å². The molecule has 0 saturated heterocycles. The average Bonchev–Trinajstić information content (AvgIpc) is 2.48. The molecule has 0 N–H and O–H groups in total. The highest BCUT2D eigenvalue weighted by Crippen LogP contribution is 2.38. The molecule has 5 heteroatoms. The van der Waals surface area contributed by atoms with Crippen molar-refractivity contribution in [3.05, 3.63) is 42.0 Å². The van der Waals surface area contributed by atoms with Gasteiger partial charge in [-0.1, -0.05) is 24.3 Å². The van der Waals surface area contributed by atoms with Gasteiger partial charge < -0.3 is 0 Å². The smallest absolute Gasteiger partial charge is 0.267 e. The van der Waals surface area contributed by atoms with Gasteiger partial charge in [0.25, 0.3) is 15.9 Å². The summed E-state index contributed by atoms with van der Waals surface area (Å²) >= 11 is 0. The summed E-state index contributed by atoms with van der Waals surface area (Å²) in [6.45, 7) is 3.39. The van der Waals surface area contributed by atoms with Crippen LogP contribution in [-0.2, 0) is 14.8 Å². The maximum Gasteiger partial charge on any atom is 0.267 e. The maximum atomic E-state index is 12.2. The van der Waals surface area contributed by atoms with Crippen molar-refractivity contribution in [1.29, 1.82) is 0 Å². The van der Waals surface area contributed by atoms with Crippen LogP contribution in [0.2, 0.25) is 0 Å². The molecule has 1 aliphatic heterocycles. The summed E-state index contributed by atoms with van der Waals surface area (Å²) in [5.74, 6) is -0.504. The van der Waals surface area contributed by atoms with Crippen molar-refractivity contribution in [3.63, 3.8) is 0 Å². The fourth-order valence-electron chi connectivity index (χ4n) is 2.03. The molecular formula is C12H13NO3S. The summed E-state index contributed by atoms with van der Waals surface area (Å²) in [6, 6.07) is 6.26. The van der Waals surface area contributed by atoms with Gasteiger partial charge in [0.15, 0.2) is 0 Å². The van der Waals surface area contributed by atoms with Crippen LogP contribution in [0.5, 0.6) is 0 Å². The van der Waals surface area contributed by atoms with Gasteiger partial charge in [0.1, 0.15) is 0 Å². The van der Waals surface area contributed by atoms with Crippen molar-refractivity contribution >= 4 is 15.9 Å². The lowest BCUT2D eigenvalue weighted by Crippen LogP contribution is -2.32. The third-order valence-electron chi connectivity index (χ3n) is 2.78. The first-order chi connectivity index (χ1) is 8.00. The fourth-order valence-corrected chi connectivity index (χ4v) is 3.85. The van der Waals surface area contributed by atoms with Gasteiger partial charge in [-0.15, -0.1) is 0 Å². The van der Waals surface area contributed by atoms with Crippen LogP contribution < -0.4 is 0 Å². The van der Waals surface area contributed by atoms with Crippen LogP contribution >= 0.6 is 0 Å². The number of hydrogen-bond acceptors (Lipinski definition) is 3. The Morgan fingerprint density at radius 2 is 2.00 bits per heavy atom. The average molecular weight is 251 g/mol. The quantitative estimate of drug-likeness (QED) is 0.716. The molecule has 0 radical (unpaired) electrons. The minimum Gasteiger partial charge on any atom is -0.269 e. The number of carbonyl (C=O) groups is 1. The molecule has 1 aromatic carbocycles. The van der Waals surface area contributed by atoms with Crippen LogP contribution in [-0.4, -0.2) is 18.6 Å². The number of nitrogens with zero attached hydrogens (tertiary/aromatic N) is 1. The SMILES string of the molecule is C/C=C\C(=O)N1[C@H](C)c2ccccc2S1(=O)=O. The molecule has 0 aromatic heterocycles. The number of carbonyl (C=O) groups excluding carboxylic acids is 1. The van der Waals surface area contributed by atoms with Crippen LogP contribution in [0, 0.1) is 0 Å². The molecule has 0 bridgehead atoms. The minimum absolute atomic E-state index is 0.227. The first-order valence-corrected chi connectivity index (χ1v) is 6.74. The van der Waals surface area contributed by atoms with Crippen molar-refractivity contribution in [2.75, 3.05) is 0 Å². The largest absolute Gasteiger partial charge is 0.269 e. The highest BCUT2D eigenvalue weighted by atomic mass is 32.2. The molecular weight excluding hydrogens is 238 g/mol. The predicted molar refractivity (Wildman–Crippen MR) is 63.7 cm³/mol. The summed E-state index contributed by atoms with van der Waals surface area (Å²) in [4.78, 5) is 12.0. The number of rotatable bonds is 1. The molecule has 1 heterocycles. The molecule has 0 spiro atoms. The maximum absolute atomic E-state index is 12.2. The first-order valence-electron chi connectivity index (χ1n) is 5.30. The number of benzene rings is 1. The van der Waals surface area contributed by atoms with E-state index in [9.17, 15) is 13.2 Å². The van der Waals surface area contributed by atoms with Gasteiger partial charge in [0.05, 0.1) is 10.9 Å². The fraction of sp³-hybridized carbons (Fsp3) is 0.250. The summed E-state index contributed by atoms with van der Waals surface area (Å²) in [6.07, 6.45) is 2.80. The summed E-state index contributed by atoms with van der Waals surface area (Å²) < 4.78 is 25.3. The number of sulfonamides is 1. The second-order valence-electron chi connectivity index (χ2n) is 3.85. The number of hydrogen-bond donors (Lipinski definition) is 0. The van der Waals surface area contributed by atoms with Gasteiger partial charge >= 0.3 is 0 Å².